The molecular weight excluding hydrogens is 265 g/mol. The van der Waals surface area contributed by atoms with Crippen molar-refractivity contribution in [3.05, 3.63) is 36.0 Å². The molecule has 2 rings (SSSR count). The van der Waals surface area contributed by atoms with Crippen LogP contribution in [0.25, 0.3) is 5.82 Å². The molecule has 0 radical (unpaired) electrons. The minimum atomic E-state index is -4.49. The summed E-state index contributed by atoms with van der Waals surface area (Å²) in [6.07, 6.45) is -0.758. The number of nitrogens with zero attached hydrogens (tertiary/aromatic N) is 4. The average Bonchev–Trinajstić information content (AvgIpc) is 2.87. The van der Waals surface area contributed by atoms with E-state index in [1.165, 1.54) is 6.20 Å². The lowest BCUT2D eigenvalue weighted by Crippen LogP contribution is -2.08. The van der Waals surface area contributed by atoms with E-state index in [-0.39, 0.29) is 11.5 Å². The number of alkyl halides is 3. The van der Waals surface area contributed by atoms with Gasteiger partial charge in [0, 0.05) is 6.20 Å². The lowest BCUT2D eigenvalue weighted by atomic mass is 10.4. The minimum absolute atomic E-state index is 0.0154. The quantitative estimate of drug-likeness (QED) is 0.774. The molecule has 0 aliphatic heterocycles. The van der Waals surface area contributed by atoms with E-state index in [2.05, 4.69) is 19.8 Å². The summed E-state index contributed by atoms with van der Waals surface area (Å²) in [4.78, 5) is 18.7. The fraction of sp³-hybridized carbons (Fsp3) is 0.200. The normalized spacial score (nSPS) is 11.4. The molecule has 2 aromatic heterocycles. The van der Waals surface area contributed by atoms with Gasteiger partial charge in [0.1, 0.15) is 0 Å². The summed E-state index contributed by atoms with van der Waals surface area (Å²) >= 11 is 0. The van der Waals surface area contributed by atoms with E-state index < -0.39 is 17.7 Å². The van der Waals surface area contributed by atoms with Crippen LogP contribution in [0.4, 0.5) is 13.2 Å². The molecule has 0 aliphatic rings. The second-order valence-electron chi connectivity index (χ2n) is 3.43. The highest BCUT2D eigenvalue weighted by molar-refractivity contribution is 5.86. The fourth-order valence-corrected chi connectivity index (χ4v) is 1.26. The molecular formula is C10H7F3N4O2. The monoisotopic (exact) mass is 272 g/mol. The molecule has 0 N–H and O–H groups in total. The third kappa shape index (κ3) is 2.69. The van der Waals surface area contributed by atoms with E-state index in [0.29, 0.717) is 6.20 Å². The Morgan fingerprint density at radius 3 is 2.63 bits per heavy atom. The number of halogens is 3. The van der Waals surface area contributed by atoms with Gasteiger partial charge in [-0.15, -0.1) is 0 Å². The van der Waals surface area contributed by atoms with Gasteiger partial charge in [0.25, 0.3) is 0 Å². The van der Waals surface area contributed by atoms with Gasteiger partial charge in [-0.05, 0) is 0 Å². The summed E-state index contributed by atoms with van der Waals surface area (Å²) in [6.45, 7) is 0. The molecule has 9 heteroatoms. The molecule has 0 saturated heterocycles. The van der Waals surface area contributed by atoms with Crippen molar-refractivity contribution in [3.63, 3.8) is 0 Å². The first-order valence-electron chi connectivity index (χ1n) is 4.94. The zero-order valence-corrected chi connectivity index (χ0v) is 9.55. The third-order valence-electron chi connectivity index (χ3n) is 2.16. The highest BCUT2D eigenvalue weighted by Crippen LogP contribution is 2.28. The summed E-state index contributed by atoms with van der Waals surface area (Å²) in [7, 11) is 1.16. The number of ether oxygens (including phenoxy) is 1. The number of methoxy groups -OCH3 is 1. The molecule has 100 valence electrons. The standard InChI is InChI=1S/C10H7F3N4O2/c1-19-9(18)7-3-14-4-8(16-7)17-5-6(2-15-17)10(11,12)13/h2-5H,1H3. The van der Waals surface area contributed by atoms with Crippen molar-refractivity contribution in [1.29, 1.82) is 0 Å². The van der Waals surface area contributed by atoms with E-state index in [9.17, 15) is 18.0 Å². The van der Waals surface area contributed by atoms with E-state index >= 15 is 0 Å². The topological polar surface area (TPSA) is 69.9 Å². The van der Waals surface area contributed by atoms with Crippen molar-refractivity contribution in [2.75, 3.05) is 7.11 Å². The van der Waals surface area contributed by atoms with Gasteiger partial charge in [-0.2, -0.15) is 18.3 Å². The first kappa shape index (κ1) is 13.0. The Morgan fingerprint density at radius 1 is 1.32 bits per heavy atom. The molecule has 2 aromatic rings. The predicted octanol–water partition coefficient (Wildman–Crippen LogP) is 1.47. The Morgan fingerprint density at radius 2 is 2.05 bits per heavy atom. The Bertz CT molecular complexity index is 609. The largest absolute Gasteiger partial charge is 0.464 e. The van der Waals surface area contributed by atoms with Crippen LogP contribution >= 0.6 is 0 Å². The molecule has 0 saturated carbocycles. The van der Waals surface area contributed by atoms with Crippen molar-refractivity contribution in [1.82, 2.24) is 19.7 Å². The van der Waals surface area contributed by atoms with Crippen molar-refractivity contribution in [2.24, 2.45) is 0 Å². The lowest BCUT2D eigenvalue weighted by Gasteiger charge is -2.03. The Kier molecular flexibility index (Phi) is 3.19. The van der Waals surface area contributed by atoms with E-state index in [1.54, 1.807) is 0 Å². The van der Waals surface area contributed by atoms with Crippen LogP contribution in [0, 0.1) is 0 Å². The maximum Gasteiger partial charge on any atom is 0.419 e. The highest BCUT2D eigenvalue weighted by atomic mass is 19.4. The molecule has 0 aliphatic carbocycles. The van der Waals surface area contributed by atoms with Gasteiger partial charge in [0.15, 0.2) is 11.5 Å². The zero-order chi connectivity index (χ0) is 14.0. The molecule has 0 spiro atoms. The summed E-state index contributed by atoms with van der Waals surface area (Å²) in [6, 6.07) is 0. The summed E-state index contributed by atoms with van der Waals surface area (Å²) in [5.74, 6) is -0.754. The minimum Gasteiger partial charge on any atom is -0.464 e. The summed E-state index contributed by atoms with van der Waals surface area (Å²) in [5.41, 5.74) is -1.04. The number of esters is 1. The second kappa shape index (κ2) is 4.67. The van der Waals surface area contributed by atoms with Crippen LogP contribution in [0.15, 0.2) is 24.8 Å². The number of hydrogen-bond donors (Lipinski definition) is 0. The molecule has 6 nitrogen and oxygen atoms in total. The average molecular weight is 272 g/mol. The van der Waals surface area contributed by atoms with Gasteiger partial charge in [-0.3, -0.25) is 4.98 Å². The first-order valence-corrected chi connectivity index (χ1v) is 4.94. The van der Waals surface area contributed by atoms with E-state index in [0.717, 1.165) is 24.2 Å². The number of aromatic nitrogens is 4. The fourth-order valence-electron chi connectivity index (χ4n) is 1.26. The van der Waals surface area contributed by atoms with Crippen LogP contribution in [0.5, 0.6) is 0 Å². The maximum absolute atomic E-state index is 12.4. The number of carbonyl (C=O) groups excluding carboxylic acids is 1. The number of carbonyl (C=O) groups is 1. The van der Waals surface area contributed by atoms with Crippen LogP contribution < -0.4 is 0 Å². The maximum atomic E-state index is 12.4. The van der Waals surface area contributed by atoms with Gasteiger partial charge in [-0.1, -0.05) is 0 Å². The van der Waals surface area contributed by atoms with Crippen LogP contribution in [0.2, 0.25) is 0 Å². The third-order valence-corrected chi connectivity index (χ3v) is 2.16. The SMILES string of the molecule is COC(=O)c1cncc(-n2cc(C(F)(F)F)cn2)n1. The van der Waals surface area contributed by atoms with Crippen molar-refractivity contribution in [3.8, 4) is 5.82 Å². The molecule has 0 atom stereocenters. The van der Waals surface area contributed by atoms with Gasteiger partial charge >= 0.3 is 12.1 Å². The zero-order valence-electron chi connectivity index (χ0n) is 9.55. The molecule has 19 heavy (non-hydrogen) atoms. The van der Waals surface area contributed by atoms with Crippen LogP contribution in [0.1, 0.15) is 16.1 Å². The van der Waals surface area contributed by atoms with E-state index in [4.69, 9.17) is 0 Å². The summed E-state index contributed by atoms with van der Waals surface area (Å²) in [5, 5.41) is 3.52. The van der Waals surface area contributed by atoms with Gasteiger partial charge in [0.2, 0.25) is 0 Å². The molecule has 0 aromatic carbocycles. The number of hydrogen-bond acceptors (Lipinski definition) is 5. The Hall–Kier alpha value is -2.45. The second-order valence-corrected chi connectivity index (χ2v) is 3.43. The Labute approximate surface area is 104 Å². The number of rotatable bonds is 2. The first-order chi connectivity index (χ1) is 8.91. The highest BCUT2D eigenvalue weighted by Gasteiger charge is 2.32. The summed E-state index contributed by atoms with van der Waals surface area (Å²) < 4.78 is 42.6. The molecule has 0 fully saturated rings. The molecule has 0 bridgehead atoms. The van der Waals surface area contributed by atoms with Gasteiger partial charge < -0.3 is 4.74 Å². The van der Waals surface area contributed by atoms with E-state index in [1.807, 2.05) is 0 Å². The van der Waals surface area contributed by atoms with Gasteiger partial charge in [0.05, 0.1) is 31.3 Å². The van der Waals surface area contributed by atoms with Crippen molar-refractivity contribution < 1.29 is 22.7 Å². The Balaban J connectivity index is 2.37. The van der Waals surface area contributed by atoms with Gasteiger partial charge in [-0.25, -0.2) is 14.5 Å². The molecule has 2 heterocycles. The smallest absolute Gasteiger partial charge is 0.419 e. The lowest BCUT2D eigenvalue weighted by molar-refractivity contribution is -0.137. The van der Waals surface area contributed by atoms with Crippen LogP contribution in [0.3, 0.4) is 0 Å². The van der Waals surface area contributed by atoms with Crippen LogP contribution in [-0.4, -0.2) is 32.8 Å². The van der Waals surface area contributed by atoms with Crippen molar-refractivity contribution in [2.45, 2.75) is 6.18 Å². The van der Waals surface area contributed by atoms with Crippen LogP contribution in [-0.2, 0) is 10.9 Å². The molecule has 0 unspecified atom stereocenters. The predicted molar refractivity (Wildman–Crippen MR) is 55.5 cm³/mol. The van der Waals surface area contributed by atoms with Crippen molar-refractivity contribution >= 4 is 5.97 Å². The molecule has 0 amide bonds.